The van der Waals surface area contributed by atoms with Crippen LogP contribution >= 0.6 is 11.3 Å². The van der Waals surface area contributed by atoms with Gasteiger partial charge in [-0.2, -0.15) is 4.31 Å². The molecule has 4 rings (SSSR count). The maximum Gasteiger partial charge on any atom is 0.413 e. The number of fused-ring (bicyclic) bond motifs is 1. The molecule has 3 amide bonds. The number of rotatable bonds is 6. The molecule has 1 aromatic heterocycles. The van der Waals surface area contributed by atoms with Crippen molar-refractivity contribution in [2.45, 2.75) is 57.1 Å². The largest absolute Gasteiger partial charge is 0.453 e. The van der Waals surface area contributed by atoms with Crippen molar-refractivity contribution >= 4 is 44.3 Å². The highest BCUT2D eigenvalue weighted by Crippen LogP contribution is 2.38. The summed E-state index contributed by atoms with van der Waals surface area (Å²) in [5.74, 6) is -1.16. The topological polar surface area (TPSA) is 134 Å². The zero-order valence-electron chi connectivity index (χ0n) is 22.0. The highest BCUT2D eigenvalue weighted by atomic mass is 32.2. The number of carbonyl (C=O) groups excluding carboxylic acids is 3. The standard InChI is InChI=1S/C25H32N4O7S2/c1-15(2)28-11-10-18-19(12-28)37-23(20(18)22(31)27-24(32)35-5)26-21(30)16-6-8-17(9-7-16)38(33,34)29-14-36-13-25(29,3)4/h6-9,15H,10-14H2,1-5H3,(H,26,30)(H,27,31,32). The van der Waals surface area contributed by atoms with Crippen molar-refractivity contribution < 1.29 is 32.3 Å². The number of nitrogens with one attached hydrogen (secondary N) is 2. The van der Waals surface area contributed by atoms with Crippen molar-refractivity contribution in [3.05, 3.63) is 45.8 Å². The Morgan fingerprint density at radius 2 is 1.82 bits per heavy atom. The molecule has 11 nitrogen and oxygen atoms in total. The number of benzene rings is 1. The summed E-state index contributed by atoms with van der Waals surface area (Å²) >= 11 is 1.29. The minimum atomic E-state index is -3.82. The molecule has 2 aliphatic heterocycles. The third kappa shape index (κ3) is 5.47. The zero-order valence-corrected chi connectivity index (χ0v) is 23.6. The third-order valence-corrected chi connectivity index (χ3v) is 9.90. The average Bonchev–Trinajstić information content (AvgIpc) is 3.42. The predicted octanol–water partition coefficient (Wildman–Crippen LogP) is 3.02. The number of carbonyl (C=O) groups is 3. The highest BCUT2D eigenvalue weighted by Gasteiger charge is 2.42. The number of methoxy groups -OCH3 is 1. The van der Waals surface area contributed by atoms with E-state index in [4.69, 9.17) is 4.74 Å². The monoisotopic (exact) mass is 564 g/mol. The molecule has 3 heterocycles. The molecule has 0 radical (unpaired) electrons. The Kier molecular flexibility index (Phi) is 7.96. The van der Waals surface area contributed by atoms with Gasteiger partial charge in [-0.3, -0.25) is 19.8 Å². The van der Waals surface area contributed by atoms with E-state index in [1.54, 1.807) is 13.8 Å². The van der Waals surface area contributed by atoms with Crippen LogP contribution in [0.25, 0.3) is 0 Å². The molecular weight excluding hydrogens is 532 g/mol. The number of imide groups is 1. The number of ether oxygens (including phenoxy) is 2. The third-order valence-electron chi connectivity index (χ3n) is 6.72. The molecule has 206 valence electrons. The summed E-state index contributed by atoms with van der Waals surface area (Å²) in [4.78, 5) is 41.1. The summed E-state index contributed by atoms with van der Waals surface area (Å²) in [6.07, 6.45) is -0.303. The van der Waals surface area contributed by atoms with Crippen molar-refractivity contribution in [3.8, 4) is 0 Å². The van der Waals surface area contributed by atoms with E-state index in [1.807, 2.05) is 0 Å². The summed E-state index contributed by atoms with van der Waals surface area (Å²) in [5, 5.41) is 5.30. The maximum absolute atomic E-state index is 13.2. The maximum atomic E-state index is 13.2. The molecule has 1 aromatic carbocycles. The van der Waals surface area contributed by atoms with E-state index in [0.29, 0.717) is 30.6 Å². The van der Waals surface area contributed by atoms with Crippen LogP contribution in [-0.4, -0.2) is 74.1 Å². The quantitative estimate of drug-likeness (QED) is 0.547. The van der Waals surface area contributed by atoms with Crippen LogP contribution in [0.4, 0.5) is 9.80 Å². The molecule has 0 bridgehead atoms. The lowest BCUT2D eigenvalue weighted by atomic mass is 10.0. The molecule has 0 spiro atoms. The first-order valence-electron chi connectivity index (χ1n) is 12.1. The van der Waals surface area contributed by atoms with Gasteiger partial charge in [0.25, 0.3) is 11.8 Å². The van der Waals surface area contributed by atoms with Gasteiger partial charge in [-0.25, -0.2) is 13.2 Å². The van der Waals surface area contributed by atoms with E-state index in [1.165, 1.54) is 39.9 Å². The van der Waals surface area contributed by atoms with Crippen LogP contribution in [0.1, 0.15) is 58.9 Å². The fourth-order valence-corrected chi connectivity index (χ4v) is 7.42. The van der Waals surface area contributed by atoms with Gasteiger partial charge >= 0.3 is 6.09 Å². The molecule has 2 N–H and O–H groups in total. The normalized spacial score (nSPS) is 17.7. The fourth-order valence-electron chi connectivity index (χ4n) is 4.50. The fraction of sp³-hybridized carbons (Fsp3) is 0.480. The Morgan fingerprint density at radius 1 is 1.13 bits per heavy atom. The summed E-state index contributed by atoms with van der Waals surface area (Å²) in [6.45, 7) is 9.37. The van der Waals surface area contributed by atoms with Gasteiger partial charge in [-0.1, -0.05) is 0 Å². The number of hydrogen-bond acceptors (Lipinski definition) is 9. The van der Waals surface area contributed by atoms with Crippen molar-refractivity contribution in [1.82, 2.24) is 14.5 Å². The number of hydrogen-bond donors (Lipinski definition) is 2. The molecule has 0 saturated carbocycles. The Labute approximate surface area is 226 Å². The first-order chi connectivity index (χ1) is 17.8. The van der Waals surface area contributed by atoms with Crippen LogP contribution in [0.5, 0.6) is 0 Å². The van der Waals surface area contributed by atoms with E-state index in [2.05, 4.69) is 34.1 Å². The second-order valence-electron chi connectivity index (χ2n) is 10.1. The van der Waals surface area contributed by atoms with Crippen LogP contribution in [-0.2, 0) is 32.5 Å². The van der Waals surface area contributed by atoms with Gasteiger partial charge in [0.15, 0.2) is 0 Å². The number of thiophene rings is 1. The van der Waals surface area contributed by atoms with Crippen LogP contribution < -0.4 is 10.6 Å². The zero-order chi connectivity index (χ0) is 27.8. The summed E-state index contributed by atoms with van der Waals surface area (Å²) in [7, 11) is -2.65. The number of sulfonamides is 1. The van der Waals surface area contributed by atoms with Crippen molar-refractivity contribution in [2.24, 2.45) is 0 Å². The van der Waals surface area contributed by atoms with Crippen LogP contribution in [0.15, 0.2) is 29.2 Å². The van der Waals surface area contributed by atoms with E-state index in [-0.39, 0.29) is 22.8 Å². The summed E-state index contributed by atoms with van der Waals surface area (Å²) in [5.41, 5.74) is 0.568. The first kappa shape index (κ1) is 28.2. The summed E-state index contributed by atoms with van der Waals surface area (Å²) < 4.78 is 37.4. The number of alkyl carbamates (subject to hydrolysis) is 1. The van der Waals surface area contributed by atoms with Crippen LogP contribution in [0, 0.1) is 0 Å². The molecule has 38 heavy (non-hydrogen) atoms. The number of amides is 3. The lowest BCUT2D eigenvalue weighted by Gasteiger charge is -2.30. The molecule has 13 heteroatoms. The highest BCUT2D eigenvalue weighted by molar-refractivity contribution is 7.89. The minimum absolute atomic E-state index is 0.0364. The molecule has 0 unspecified atom stereocenters. The molecule has 1 fully saturated rings. The Hall–Kier alpha value is -2.84. The second-order valence-corrected chi connectivity index (χ2v) is 13.1. The van der Waals surface area contributed by atoms with Crippen LogP contribution in [0.2, 0.25) is 0 Å². The first-order valence-corrected chi connectivity index (χ1v) is 14.4. The molecule has 1 saturated heterocycles. The molecule has 0 aliphatic carbocycles. The SMILES string of the molecule is COC(=O)NC(=O)c1c(NC(=O)c2ccc(S(=O)(=O)N3COCC3(C)C)cc2)sc2c1CCN(C(C)C)C2. The Balaban J connectivity index is 1.59. The second kappa shape index (κ2) is 10.7. The number of nitrogens with zero attached hydrogens (tertiary/aromatic N) is 2. The van der Waals surface area contributed by atoms with Gasteiger partial charge in [0, 0.05) is 29.6 Å². The lowest BCUT2D eigenvalue weighted by Crippen LogP contribution is -2.44. The molecular formula is C25H32N4O7S2. The smallest absolute Gasteiger partial charge is 0.413 e. The Bertz CT molecular complexity index is 1350. The predicted molar refractivity (Wildman–Crippen MR) is 142 cm³/mol. The summed E-state index contributed by atoms with van der Waals surface area (Å²) in [6, 6.07) is 5.92. The molecule has 2 aliphatic rings. The van der Waals surface area contributed by atoms with Gasteiger partial charge < -0.3 is 14.8 Å². The van der Waals surface area contributed by atoms with Crippen molar-refractivity contribution in [2.75, 3.05) is 32.3 Å². The van der Waals surface area contributed by atoms with Gasteiger partial charge in [-0.15, -0.1) is 11.3 Å². The number of anilines is 1. The van der Waals surface area contributed by atoms with Crippen molar-refractivity contribution in [1.29, 1.82) is 0 Å². The van der Waals surface area contributed by atoms with Crippen molar-refractivity contribution in [3.63, 3.8) is 0 Å². The van der Waals surface area contributed by atoms with E-state index >= 15 is 0 Å². The average molecular weight is 565 g/mol. The van der Waals surface area contributed by atoms with Gasteiger partial charge in [0.05, 0.1) is 29.7 Å². The molecule has 0 atom stereocenters. The molecule has 2 aromatic rings. The van der Waals surface area contributed by atoms with E-state index in [0.717, 1.165) is 24.1 Å². The van der Waals surface area contributed by atoms with Crippen LogP contribution in [0.3, 0.4) is 0 Å². The van der Waals surface area contributed by atoms with Gasteiger partial charge in [0.1, 0.15) is 11.7 Å². The minimum Gasteiger partial charge on any atom is -0.453 e. The van der Waals surface area contributed by atoms with Gasteiger partial charge in [0.2, 0.25) is 10.0 Å². The lowest BCUT2D eigenvalue weighted by molar-refractivity contribution is 0.0936. The van der Waals surface area contributed by atoms with Gasteiger partial charge in [-0.05, 0) is 63.9 Å². The Morgan fingerprint density at radius 3 is 2.39 bits per heavy atom. The van der Waals surface area contributed by atoms with E-state index in [9.17, 15) is 22.8 Å². The van der Waals surface area contributed by atoms with E-state index < -0.39 is 33.5 Å².